The summed E-state index contributed by atoms with van der Waals surface area (Å²) in [7, 11) is 0. The minimum atomic E-state index is 0.436. The Morgan fingerprint density at radius 1 is 1.47 bits per heavy atom. The molecule has 1 aliphatic rings. The Bertz CT molecular complexity index is 411. The van der Waals surface area contributed by atoms with E-state index in [4.69, 9.17) is 16.3 Å². The minimum Gasteiger partial charge on any atom is -0.378 e. The lowest BCUT2D eigenvalue weighted by Crippen LogP contribution is -2.49. The number of likely N-dealkylation sites (N-methyl/N-ethyl adjacent to an activating group) is 1. The van der Waals surface area contributed by atoms with Crippen molar-refractivity contribution in [3.8, 4) is 0 Å². The van der Waals surface area contributed by atoms with Gasteiger partial charge in [0.15, 0.2) is 0 Å². The van der Waals surface area contributed by atoms with Crippen molar-refractivity contribution in [3.05, 3.63) is 34.3 Å². The minimum absolute atomic E-state index is 0.436. The molecule has 1 aromatic rings. The largest absolute Gasteiger partial charge is 0.378 e. The van der Waals surface area contributed by atoms with Gasteiger partial charge in [0, 0.05) is 30.7 Å². The fraction of sp³-hybridized carbons (Fsp3) is 0.600. The SMILES string of the molecule is CCNCC1COCCN1Cc1ccc(C)cc1Cl. The van der Waals surface area contributed by atoms with Gasteiger partial charge in [-0.3, -0.25) is 4.90 Å². The van der Waals surface area contributed by atoms with Gasteiger partial charge in [0.2, 0.25) is 0 Å². The lowest BCUT2D eigenvalue weighted by Gasteiger charge is -2.36. The molecule has 19 heavy (non-hydrogen) atoms. The van der Waals surface area contributed by atoms with Crippen molar-refractivity contribution in [2.75, 3.05) is 32.8 Å². The predicted molar refractivity (Wildman–Crippen MR) is 79.7 cm³/mol. The van der Waals surface area contributed by atoms with Crippen LogP contribution in [0.5, 0.6) is 0 Å². The molecule has 1 aliphatic heterocycles. The number of nitrogens with one attached hydrogen (secondary N) is 1. The van der Waals surface area contributed by atoms with E-state index in [-0.39, 0.29) is 0 Å². The molecule has 2 rings (SSSR count). The summed E-state index contributed by atoms with van der Waals surface area (Å²) < 4.78 is 5.58. The van der Waals surface area contributed by atoms with Gasteiger partial charge in [-0.25, -0.2) is 0 Å². The molecule has 3 nitrogen and oxygen atoms in total. The summed E-state index contributed by atoms with van der Waals surface area (Å²) in [6.45, 7) is 9.65. The standard InChI is InChI=1S/C15H23ClN2O/c1-3-17-9-14-11-19-7-6-18(14)10-13-5-4-12(2)8-15(13)16/h4-5,8,14,17H,3,6-7,9-11H2,1-2H3. The van der Waals surface area contributed by atoms with Gasteiger partial charge in [0.1, 0.15) is 0 Å². The Balaban J connectivity index is 2.02. The zero-order valence-electron chi connectivity index (χ0n) is 11.8. The first kappa shape index (κ1) is 14.8. The molecule has 0 aromatic heterocycles. The Kier molecular flexibility index (Phi) is 5.64. The lowest BCUT2D eigenvalue weighted by molar-refractivity contribution is -0.0107. The monoisotopic (exact) mass is 282 g/mol. The van der Waals surface area contributed by atoms with E-state index in [1.165, 1.54) is 11.1 Å². The van der Waals surface area contributed by atoms with Gasteiger partial charge in [0.05, 0.1) is 13.2 Å². The third-order valence-corrected chi connectivity index (χ3v) is 3.91. The topological polar surface area (TPSA) is 24.5 Å². The molecule has 0 amide bonds. The van der Waals surface area contributed by atoms with Crippen molar-refractivity contribution in [1.82, 2.24) is 10.2 Å². The summed E-state index contributed by atoms with van der Waals surface area (Å²) in [6, 6.07) is 6.74. The van der Waals surface area contributed by atoms with Crippen LogP contribution in [0.1, 0.15) is 18.1 Å². The second-order valence-corrected chi connectivity index (χ2v) is 5.51. The maximum absolute atomic E-state index is 6.33. The molecular weight excluding hydrogens is 260 g/mol. The predicted octanol–water partition coefficient (Wildman–Crippen LogP) is 2.46. The van der Waals surface area contributed by atoms with Crippen LogP contribution in [0.3, 0.4) is 0 Å². The molecule has 0 bridgehead atoms. The maximum atomic E-state index is 6.33. The van der Waals surface area contributed by atoms with Crippen LogP contribution in [0.2, 0.25) is 5.02 Å². The number of benzene rings is 1. The number of ether oxygens (including phenoxy) is 1. The van der Waals surface area contributed by atoms with Gasteiger partial charge < -0.3 is 10.1 Å². The summed E-state index contributed by atoms with van der Waals surface area (Å²) in [4.78, 5) is 2.46. The van der Waals surface area contributed by atoms with Gasteiger partial charge in [0.25, 0.3) is 0 Å². The quantitative estimate of drug-likeness (QED) is 0.898. The van der Waals surface area contributed by atoms with Gasteiger partial charge in [-0.1, -0.05) is 30.7 Å². The Morgan fingerprint density at radius 2 is 2.32 bits per heavy atom. The normalized spacial score (nSPS) is 20.7. The van der Waals surface area contributed by atoms with Crippen LogP contribution in [0.4, 0.5) is 0 Å². The highest BCUT2D eigenvalue weighted by molar-refractivity contribution is 6.31. The lowest BCUT2D eigenvalue weighted by atomic mass is 10.1. The second-order valence-electron chi connectivity index (χ2n) is 5.10. The number of rotatable bonds is 5. The fourth-order valence-corrected chi connectivity index (χ4v) is 2.69. The zero-order valence-corrected chi connectivity index (χ0v) is 12.5. The van der Waals surface area contributed by atoms with Crippen molar-refractivity contribution < 1.29 is 4.74 Å². The molecule has 0 saturated carbocycles. The first-order valence-electron chi connectivity index (χ1n) is 6.98. The molecule has 106 valence electrons. The number of halogens is 1. The van der Waals surface area contributed by atoms with Crippen molar-refractivity contribution >= 4 is 11.6 Å². The van der Waals surface area contributed by atoms with E-state index >= 15 is 0 Å². The number of nitrogens with zero attached hydrogens (tertiary/aromatic N) is 1. The number of aryl methyl sites for hydroxylation is 1. The third kappa shape index (κ3) is 4.18. The number of hydrogen-bond acceptors (Lipinski definition) is 3. The van der Waals surface area contributed by atoms with Crippen molar-refractivity contribution in [1.29, 1.82) is 0 Å². The van der Waals surface area contributed by atoms with Crippen LogP contribution in [-0.2, 0) is 11.3 Å². The average Bonchev–Trinajstić information content (AvgIpc) is 2.41. The molecule has 1 saturated heterocycles. The van der Waals surface area contributed by atoms with Crippen LogP contribution < -0.4 is 5.32 Å². The van der Waals surface area contributed by atoms with Crippen molar-refractivity contribution in [3.63, 3.8) is 0 Å². The first-order valence-corrected chi connectivity index (χ1v) is 7.36. The molecule has 1 heterocycles. The summed E-state index contributed by atoms with van der Waals surface area (Å²) >= 11 is 6.33. The molecule has 1 aromatic carbocycles. The highest BCUT2D eigenvalue weighted by Gasteiger charge is 2.23. The second kappa shape index (κ2) is 7.25. The van der Waals surface area contributed by atoms with E-state index in [1.807, 2.05) is 6.07 Å². The van der Waals surface area contributed by atoms with E-state index in [0.29, 0.717) is 6.04 Å². The maximum Gasteiger partial charge on any atom is 0.0635 e. The summed E-state index contributed by atoms with van der Waals surface area (Å²) in [6.07, 6.45) is 0. The van der Waals surface area contributed by atoms with E-state index < -0.39 is 0 Å². The molecule has 1 unspecified atom stereocenters. The first-order chi connectivity index (χ1) is 9.20. The fourth-order valence-electron chi connectivity index (χ4n) is 2.40. The van der Waals surface area contributed by atoms with Crippen molar-refractivity contribution in [2.45, 2.75) is 26.4 Å². The Labute approximate surface area is 120 Å². The molecule has 1 fully saturated rings. The van der Waals surface area contributed by atoms with Crippen molar-refractivity contribution in [2.24, 2.45) is 0 Å². The molecule has 4 heteroatoms. The highest BCUT2D eigenvalue weighted by Crippen LogP contribution is 2.21. The van der Waals surface area contributed by atoms with Crippen LogP contribution >= 0.6 is 11.6 Å². The van der Waals surface area contributed by atoms with Gasteiger partial charge in [-0.2, -0.15) is 0 Å². The van der Waals surface area contributed by atoms with Gasteiger partial charge in [-0.05, 0) is 30.7 Å². The molecule has 1 atom stereocenters. The molecule has 1 N–H and O–H groups in total. The smallest absolute Gasteiger partial charge is 0.0635 e. The van der Waals surface area contributed by atoms with Crippen LogP contribution in [0.25, 0.3) is 0 Å². The van der Waals surface area contributed by atoms with E-state index in [1.54, 1.807) is 0 Å². The molecule has 0 radical (unpaired) electrons. The highest BCUT2D eigenvalue weighted by atomic mass is 35.5. The van der Waals surface area contributed by atoms with Gasteiger partial charge in [-0.15, -0.1) is 0 Å². The molecular formula is C15H23ClN2O. The van der Waals surface area contributed by atoms with Crippen LogP contribution in [0, 0.1) is 6.92 Å². The Morgan fingerprint density at radius 3 is 3.05 bits per heavy atom. The van der Waals surface area contributed by atoms with E-state index in [2.05, 4.69) is 36.2 Å². The number of hydrogen-bond donors (Lipinski definition) is 1. The average molecular weight is 283 g/mol. The van der Waals surface area contributed by atoms with Crippen LogP contribution in [0.15, 0.2) is 18.2 Å². The summed E-state index contributed by atoms with van der Waals surface area (Å²) in [5.74, 6) is 0. The molecule has 0 aliphatic carbocycles. The summed E-state index contributed by atoms with van der Waals surface area (Å²) in [5.41, 5.74) is 2.41. The van der Waals surface area contributed by atoms with Gasteiger partial charge >= 0.3 is 0 Å². The van der Waals surface area contributed by atoms with E-state index in [9.17, 15) is 0 Å². The van der Waals surface area contributed by atoms with Crippen LogP contribution in [-0.4, -0.2) is 43.8 Å². The summed E-state index contributed by atoms with van der Waals surface area (Å²) in [5, 5.41) is 4.27. The zero-order chi connectivity index (χ0) is 13.7. The third-order valence-electron chi connectivity index (χ3n) is 3.56. The Hall–Kier alpha value is -0.610. The molecule has 0 spiro atoms. The number of morpholine rings is 1. The van der Waals surface area contributed by atoms with E-state index in [0.717, 1.165) is 44.4 Å².